The SMILES string of the molecule is CCCNC(=O)C(C)N(C)CC(=O)N(C)C. The third kappa shape index (κ3) is 5.11. The molecule has 0 spiro atoms. The predicted octanol–water partition coefficient (Wildman–Crippen LogP) is -0.0789. The highest BCUT2D eigenvalue weighted by molar-refractivity contribution is 5.83. The van der Waals surface area contributed by atoms with E-state index in [1.807, 2.05) is 6.92 Å². The largest absolute Gasteiger partial charge is 0.355 e. The maximum Gasteiger partial charge on any atom is 0.237 e. The van der Waals surface area contributed by atoms with Crippen LogP contribution in [-0.4, -0.2) is 61.9 Å². The summed E-state index contributed by atoms with van der Waals surface area (Å²) in [6.45, 7) is 4.74. The van der Waals surface area contributed by atoms with Crippen LogP contribution in [0.4, 0.5) is 0 Å². The summed E-state index contributed by atoms with van der Waals surface area (Å²) in [6, 6.07) is -0.282. The molecule has 0 fully saturated rings. The molecule has 2 amide bonds. The van der Waals surface area contributed by atoms with E-state index >= 15 is 0 Å². The monoisotopic (exact) mass is 229 g/mol. The van der Waals surface area contributed by atoms with Crippen molar-refractivity contribution < 1.29 is 9.59 Å². The Morgan fingerprint density at radius 2 is 1.81 bits per heavy atom. The van der Waals surface area contributed by atoms with E-state index in [9.17, 15) is 9.59 Å². The molecule has 0 aliphatic carbocycles. The molecule has 1 unspecified atom stereocenters. The summed E-state index contributed by atoms with van der Waals surface area (Å²) in [5.41, 5.74) is 0. The molecule has 0 aromatic rings. The molecule has 0 aromatic heterocycles. The van der Waals surface area contributed by atoms with Crippen LogP contribution in [0.15, 0.2) is 0 Å². The number of nitrogens with one attached hydrogen (secondary N) is 1. The lowest BCUT2D eigenvalue weighted by molar-refractivity contribution is -0.132. The van der Waals surface area contributed by atoms with E-state index in [4.69, 9.17) is 0 Å². The summed E-state index contributed by atoms with van der Waals surface area (Å²) < 4.78 is 0. The topological polar surface area (TPSA) is 52.7 Å². The van der Waals surface area contributed by atoms with Gasteiger partial charge < -0.3 is 10.2 Å². The molecule has 0 heterocycles. The average Bonchev–Trinajstić information content (AvgIpc) is 2.24. The Morgan fingerprint density at radius 3 is 2.25 bits per heavy atom. The van der Waals surface area contributed by atoms with E-state index in [1.54, 1.807) is 33.0 Å². The van der Waals surface area contributed by atoms with Crippen LogP contribution in [-0.2, 0) is 9.59 Å². The summed E-state index contributed by atoms with van der Waals surface area (Å²) in [5.74, 6) is -0.0338. The van der Waals surface area contributed by atoms with Gasteiger partial charge in [-0.05, 0) is 20.4 Å². The molecular weight excluding hydrogens is 206 g/mol. The zero-order valence-electron chi connectivity index (χ0n) is 10.9. The van der Waals surface area contributed by atoms with Crippen molar-refractivity contribution in [2.24, 2.45) is 0 Å². The fourth-order valence-electron chi connectivity index (χ4n) is 1.09. The van der Waals surface area contributed by atoms with Gasteiger partial charge in [0.25, 0.3) is 0 Å². The molecule has 1 atom stereocenters. The molecule has 0 rings (SSSR count). The van der Waals surface area contributed by atoms with Gasteiger partial charge in [-0.25, -0.2) is 0 Å². The van der Waals surface area contributed by atoms with Gasteiger partial charge in [-0.15, -0.1) is 0 Å². The molecule has 0 saturated carbocycles. The summed E-state index contributed by atoms with van der Waals surface area (Å²) in [6.07, 6.45) is 0.915. The average molecular weight is 229 g/mol. The molecule has 5 nitrogen and oxygen atoms in total. The van der Waals surface area contributed by atoms with Crippen molar-refractivity contribution >= 4 is 11.8 Å². The molecule has 0 aromatic carbocycles. The van der Waals surface area contributed by atoms with Gasteiger partial charge in [-0.3, -0.25) is 14.5 Å². The minimum absolute atomic E-state index is 0.00218. The first kappa shape index (κ1) is 14.9. The standard InChI is InChI=1S/C11H23N3O2/c1-6-7-12-11(16)9(2)14(5)8-10(15)13(3)4/h9H,6-8H2,1-5H3,(H,12,16). The van der Waals surface area contributed by atoms with E-state index in [0.717, 1.165) is 6.42 Å². The van der Waals surface area contributed by atoms with Gasteiger partial charge in [-0.2, -0.15) is 0 Å². The maximum atomic E-state index is 11.6. The van der Waals surface area contributed by atoms with Crippen molar-refractivity contribution in [3.63, 3.8) is 0 Å². The Kier molecular flexibility index (Phi) is 6.72. The quantitative estimate of drug-likeness (QED) is 0.693. The Labute approximate surface area is 97.8 Å². The second-order valence-electron chi connectivity index (χ2n) is 4.17. The Balaban J connectivity index is 4.11. The number of rotatable bonds is 6. The van der Waals surface area contributed by atoms with Crippen LogP contribution in [0.5, 0.6) is 0 Å². The Morgan fingerprint density at radius 1 is 1.25 bits per heavy atom. The fraction of sp³-hybridized carbons (Fsp3) is 0.818. The Bertz CT molecular complexity index is 241. The first-order valence-corrected chi connectivity index (χ1v) is 5.58. The number of carbonyl (C=O) groups excluding carboxylic acids is 2. The van der Waals surface area contributed by atoms with E-state index in [1.165, 1.54) is 4.90 Å². The molecule has 0 aliphatic rings. The van der Waals surface area contributed by atoms with E-state index in [-0.39, 0.29) is 24.4 Å². The predicted molar refractivity (Wildman–Crippen MR) is 64.1 cm³/mol. The van der Waals surface area contributed by atoms with Crippen LogP contribution in [0.25, 0.3) is 0 Å². The molecule has 0 bridgehead atoms. The van der Waals surface area contributed by atoms with Crippen LogP contribution in [0.2, 0.25) is 0 Å². The highest BCUT2D eigenvalue weighted by Crippen LogP contribution is 1.96. The van der Waals surface area contributed by atoms with Gasteiger partial charge in [0, 0.05) is 20.6 Å². The number of likely N-dealkylation sites (N-methyl/N-ethyl adjacent to an activating group) is 2. The summed E-state index contributed by atoms with van der Waals surface area (Å²) in [5, 5.41) is 2.81. The van der Waals surface area contributed by atoms with Gasteiger partial charge in [0.1, 0.15) is 0 Å². The van der Waals surface area contributed by atoms with Gasteiger partial charge >= 0.3 is 0 Å². The summed E-state index contributed by atoms with van der Waals surface area (Å²) >= 11 is 0. The molecule has 16 heavy (non-hydrogen) atoms. The second kappa shape index (κ2) is 7.22. The van der Waals surface area contributed by atoms with E-state index in [2.05, 4.69) is 5.32 Å². The van der Waals surface area contributed by atoms with Crippen molar-refractivity contribution in [1.82, 2.24) is 15.1 Å². The number of nitrogens with zero attached hydrogens (tertiary/aromatic N) is 2. The third-order valence-corrected chi connectivity index (χ3v) is 2.47. The first-order chi connectivity index (χ1) is 7.40. The van der Waals surface area contributed by atoms with E-state index < -0.39 is 0 Å². The number of amides is 2. The zero-order valence-corrected chi connectivity index (χ0v) is 10.9. The van der Waals surface area contributed by atoms with Crippen LogP contribution >= 0.6 is 0 Å². The summed E-state index contributed by atoms with van der Waals surface area (Å²) in [4.78, 5) is 26.3. The highest BCUT2D eigenvalue weighted by Gasteiger charge is 2.19. The van der Waals surface area contributed by atoms with Crippen LogP contribution < -0.4 is 5.32 Å². The summed E-state index contributed by atoms with van der Waals surface area (Å²) in [7, 11) is 5.19. The first-order valence-electron chi connectivity index (χ1n) is 5.58. The van der Waals surface area contributed by atoms with Crippen LogP contribution in [0, 0.1) is 0 Å². The van der Waals surface area contributed by atoms with Gasteiger partial charge in [-0.1, -0.05) is 6.92 Å². The maximum absolute atomic E-state index is 11.6. The lowest BCUT2D eigenvalue weighted by atomic mass is 10.2. The molecule has 0 radical (unpaired) electrons. The molecule has 1 N–H and O–H groups in total. The van der Waals surface area contributed by atoms with Crippen molar-refractivity contribution in [1.29, 1.82) is 0 Å². The number of hydrogen-bond acceptors (Lipinski definition) is 3. The van der Waals surface area contributed by atoms with E-state index in [0.29, 0.717) is 6.54 Å². The van der Waals surface area contributed by atoms with Crippen molar-refractivity contribution in [2.75, 3.05) is 34.2 Å². The normalized spacial score (nSPS) is 12.4. The zero-order chi connectivity index (χ0) is 12.7. The van der Waals surface area contributed by atoms with Gasteiger partial charge in [0.15, 0.2) is 0 Å². The molecule has 0 saturated heterocycles. The lowest BCUT2D eigenvalue weighted by Gasteiger charge is -2.24. The van der Waals surface area contributed by atoms with Crippen molar-refractivity contribution in [2.45, 2.75) is 26.3 Å². The van der Waals surface area contributed by atoms with Gasteiger partial charge in [0.2, 0.25) is 11.8 Å². The molecule has 0 aliphatic heterocycles. The minimum atomic E-state index is -0.282. The van der Waals surface area contributed by atoms with Crippen LogP contribution in [0.1, 0.15) is 20.3 Å². The van der Waals surface area contributed by atoms with Crippen LogP contribution in [0.3, 0.4) is 0 Å². The second-order valence-corrected chi connectivity index (χ2v) is 4.17. The van der Waals surface area contributed by atoms with Crippen molar-refractivity contribution in [3.8, 4) is 0 Å². The van der Waals surface area contributed by atoms with Crippen molar-refractivity contribution in [3.05, 3.63) is 0 Å². The molecule has 94 valence electrons. The molecular formula is C11H23N3O2. The fourth-order valence-corrected chi connectivity index (χ4v) is 1.09. The number of carbonyl (C=O) groups is 2. The van der Waals surface area contributed by atoms with Gasteiger partial charge in [0.05, 0.1) is 12.6 Å². The number of hydrogen-bond donors (Lipinski definition) is 1. The lowest BCUT2D eigenvalue weighted by Crippen LogP contribution is -2.46. The third-order valence-electron chi connectivity index (χ3n) is 2.47. The minimum Gasteiger partial charge on any atom is -0.355 e. The molecule has 5 heteroatoms. The Hall–Kier alpha value is -1.10. The highest BCUT2D eigenvalue weighted by atomic mass is 16.2. The smallest absolute Gasteiger partial charge is 0.237 e.